The summed E-state index contributed by atoms with van der Waals surface area (Å²) in [6, 6.07) is 14.0. The van der Waals surface area contributed by atoms with Gasteiger partial charge in [0.1, 0.15) is 5.75 Å². The molecule has 3 aromatic rings. The smallest absolute Gasteiger partial charge is 0.176 e. The molecule has 1 aliphatic rings. The van der Waals surface area contributed by atoms with Crippen molar-refractivity contribution < 1.29 is 4.74 Å². The molecule has 1 N–H and O–H groups in total. The number of hydrogen-bond acceptors (Lipinski definition) is 5. The molecule has 0 amide bonds. The summed E-state index contributed by atoms with van der Waals surface area (Å²) < 4.78 is 5.50. The number of nitrogens with one attached hydrogen (secondary N) is 1. The van der Waals surface area contributed by atoms with E-state index in [9.17, 15) is 0 Å². The van der Waals surface area contributed by atoms with Crippen molar-refractivity contribution in [3.8, 4) is 5.75 Å². The first-order valence-electron chi connectivity index (χ1n) is 7.15. The maximum Gasteiger partial charge on any atom is 0.176 e. The van der Waals surface area contributed by atoms with Crippen molar-refractivity contribution in [1.82, 2.24) is 10.2 Å². The van der Waals surface area contributed by atoms with E-state index < -0.39 is 0 Å². The number of benzene rings is 2. The molecule has 0 aliphatic carbocycles. The van der Waals surface area contributed by atoms with Crippen LogP contribution in [0.2, 0.25) is 0 Å². The summed E-state index contributed by atoms with van der Waals surface area (Å²) in [5.74, 6) is 1.63. The molecule has 1 aliphatic heterocycles. The van der Waals surface area contributed by atoms with Gasteiger partial charge in [-0.1, -0.05) is 24.3 Å². The molecular weight excluding hydrogens is 276 g/mol. The highest BCUT2D eigenvalue weighted by molar-refractivity contribution is 5.91. The molecule has 108 valence electrons. The number of anilines is 1. The second-order valence-corrected chi connectivity index (χ2v) is 5.12. The van der Waals surface area contributed by atoms with Gasteiger partial charge in [-0.25, -0.2) is 0 Å². The van der Waals surface area contributed by atoms with Crippen LogP contribution in [0.3, 0.4) is 0 Å². The minimum atomic E-state index is 0.652. The first-order chi connectivity index (χ1) is 10.9. The fourth-order valence-electron chi connectivity index (χ4n) is 2.57. The van der Waals surface area contributed by atoms with Crippen LogP contribution in [0.1, 0.15) is 11.1 Å². The molecule has 1 aromatic heterocycles. The van der Waals surface area contributed by atoms with E-state index in [0.29, 0.717) is 5.82 Å². The standard InChI is InChI=1S/C17H14N4O/c1-2-4-15-14(3-1)11-19-21-17(15)20-18-10-12-5-6-16-13(9-12)7-8-22-16/h1-6,9-11H,7-8H2,(H,20,21)/b18-10+. The van der Waals surface area contributed by atoms with Gasteiger partial charge in [0.15, 0.2) is 5.82 Å². The lowest BCUT2D eigenvalue weighted by atomic mass is 10.1. The van der Waals surface area contributed by atoms with Gasteiger partial charge in [0, 0.05) is 17.2 Å². The third-order valence-electron chi connectivity index (χ3n) is 3.67. The van der Waals surface area contributed by atoms with Crippen LogP contribution in [0, 0.1) is 0 Å². The summed E-state index contributed by atoms with van der Waals surface area (Å²) in [6.45, 7) is 0.764. The predicted molar refractivity (Wildman–Crippen MR) is 86.4 cm³/mol. The Morgan fingerprint density at radius 3 is 3.14 bits per heavy atom. The topological polar surface area (TPSA) is 59.4 Å². The number of rotatable bonds is 3. The summed E-state index contributed by atoms with van der Waals surface area (Å²) in [6.07, 6.45) is 4.48. The maximum atomic E-state index is 5.50. The van der Waals surface area contributed by atoms with Crippen LogP contribution in [-0.2, 0) is 6.42 Å². The molecule has 0 saturated carbocycles. The van der Waals surface area contributed by atoms with Crippen LogP contribution in [0.4, 0.5) is 5.82 Å². The quantitative estimate of drug-likeness (QED) is 0.595. The number of fused-ring (bicyclic) bond motifs is 2. The summed E-state index contributed by atoms with van der Waals surface area (Å²) in [5.41, 5.74) is 5.23. The lowest BCUT2D eigenvalue weighted by molar-refractivity contribution is 0.357. The van der Waals surface area contributed by atoms with Crippen molar-refractivity contribution in [2.45, 2.75) is 6.42 Å². The van der Waals surface area contributed by atoms with E-state index >= 15 is 0 Å². The Balaban J connectivity index is 1.56. The number of ether oxygens (including phenoxy) is 1. The Morgan fingerprint density at radius 2 is 2.14 bits per heavy atom. The molecule has 0 fully saturated rings. The largest absolute Gasteiger partial charge is 0.493 e. The molecule has 2 aromatic carbocycles. The van der Waals surface area contributed by atoms with Crippen molar-refractivity contribution in [1.29, 1.82) is 0 Å². The molecule has 0 bridgehead atoms. The fraction of sp³-hybridized carbons (Fsp3) is 0.118. The van der Waals surface area contributed by atoms with E-state index in [1.807, 2.05) is 36.4 Å². The number of aromatic nitrogens is 2. The fourth-order valence-corrected chi connectivity index (χ4v) is 2.57. The van der Waals surface area contributed by atoms with Crippen LogP contribution < -0.4 is 10.2 Å². The van der Waals surface area contributed by atoms with E-state index in [-0.39, 0.29) is 0 Å². The lowest BCUT2D eigenvalue weighted by Crippen LogP contribution is -1.96. The van der Waals surface area contributed by atoms with Crippen molar-refractivity contribution in [2.24, 2.45) is 5.10 Å². The van der Waals surface area contributed by atoms with Gasteiger partial charge < -0.3 is 4.74 Å². The first-order valence-corrected chi connectivity index (χ1v) is 7.15. The molecule has 0 unspecified atom stereocenters. The molecule has 2 heterocycles. The average Bonchev–Trinajstić information content (AvgIpc) is 3.03. The summed E-state index contributed by atoms with van der Waals surface area (Å²) in [7, 11) is 0. The number of nitrogens with zero attached hydrogens (tertiary/aromatic N) is 3. The highest BCUT2D eigenvalue weighted by Gasteiger charge is 2.11. The molecule has 4 rings (SSSR count). The zero-order valence-electron chi connectivity index (χ0n) is 11.9. The second kappa shape index (κ2) is 5.44. The van der Waals surface area contributed by atoms with Crippen molar-refractivity contribution >= 4 is 22.8 Å². The normalized spacial score (nSPS) is 13.3. The molecule has 0 radical (unpaired) electrons. The monoisotopic (exact) mass is 290 g/mol. The lowest BCUT2D eigenvalue weighted by Gasteiger charge is -2.03. The number of hydrogen-bond donors (Lipinski definition) is 1. The Hall–Kier alpha value is -2.95. The van der Waals surface area contributed by atoms with Gasteiger partial charge in [-0.05, 0) is 29.3 Å². The van der Waals surface area contributed by atoms with Crippen molar-refractivity contribution in [2.75, 3.05) is 12.0 Å². The van der Waals surface area contributed by atoms with Gasteiger partial charge in [-0.2, -0.15) is 10.2 Å². The van der Waals surface area contributed by atoms with Gasteiger partial charge in [0.05, 0.1) is 19.0 Å². The van der Waals surface area contributed by atoms with Crippen LogP contribution in [0.5, 0.6) is 5.75 Å². The summed E-state index contributed by atoms with van der Waals surface area (Å²) >= 11 is 0. The zero-order chi connectivity index (χ0) is 14.8. The van der Waals surface area contributed by atoms with E-state index in [2.05, 4.69) is 26.8 Å². The predicted octanol–water partition coefficient (Wildman–Crippen LogP) is 3.01. The highest BCUT2D eigenvalue weighted by atomic mass is 16.5. The minimum absolute atomic E-state index is 0.652. The molecule has 22 heavy (non-hydrogen) atoms. The number of hydrazone groups is 1. The summed E-state index contributed by atoms with van der Waals surface area (Å²) in [5, 5.41) is 14.4. The Bertz CT molecular complexity index is 855. The molecular formula is C17H14N4O. The highest BCUT2D eigenvalue weighted by Crippen LogP contribution is 2.25. The van der Waals surface area contributed by atoms with Gasteiger partial charge in [-0.15, -0.1) is 5.10 Å². The minimum Gasteiger partial charge on any atom is -0.493 e. The van der Waals surface area contributed by atoms with Crippen molar-refractivity contribution in [3.05, 3.63) is 59.8 Å². The molecule has 0 saturated heterocycles. The SMILES string of the molecule is C(=N\Nc1nncc2ccccc12)/c1ccc2c(c1)CCO2. The maximum absolute atomic E-state index is 5.50. The Labute approximate surface area is 127 Å². The average molecular weight is 290 g/mol. The second-order valence-electron chi connectivity index (χ2n) is 5.12. The van der Waals surface area contributed by atoms with Crippen LogP contribution in [0.15, 0.2) is 53.8 Å². The first kappa shape index (κ1) is 12.8. The van der Waals surface area contributed by atoms with Crippen LogP contribution >= 0.6 is 0 Å². The van der Waals surface area contributed by atoms with Gasteiger partial charge in [-0.3, -0.25) is 5.43 Å². The summed E-state index contributed by atoms with van der Waals surface area (Å²) in [4.78, 5) is 0. The van der Waals surface area contributed by atoms with Crippen LogP contribution in [-0.4, -0.2) is 23.0 Å². The molecule has 5 heteroatoms. The van der Waals surface area contributed by atoms with Crippen molar-refractivity contribution in [3.63, 3.8) is 0 Å². The Morgan fingerprint density at radius 1 is 1.18 bits per heavy atom. The van der Waals surface area contributed by atoms with Gasteiger partial charge in [0.2, 0.25) is 0 Å². The zero-order valence-corrected chi connectivity index (χ0v) is 11.9. The van der Waals surface area contributed by atoms with E-state index in [4.69, 9.17) is 4.74 Å². The van der Waals surface area contributed by atoms with E-state index in [1.54, 1.807) is 12.4 Å². The molecule has 5 nitrogen and oxygen atoms in total. The van der Waals surface area contributed by atoms with E-state index in [0.717, 1.165) is 35.1 Å². The molecule has 0 atom stereocenters. The van der Waals surface area contributed by atoms with E-state index in [1.165, 1.54) is 5.56 Å². The third kappa shape index (κ3) is 2.37. The van der Waals surface area contributed by atoms with Crippen LogP contribution in [0.25, 0.3) is 10.8 Å². The third-order valence-corrected chi connectivity index (χ3v) is 3.67. The van der Waals surface area contributed by atoms with Gasteiger partial charge in [0.25, 0.3) is 0 Å². The Kier molecular flexibility index (Phi) is 3.16. The van der Waals surface area contributed by atoms with Gasteiger partial charge >= 0.3 is 0 Å². The molecule has 0 spiro atoms.